The van der Waals surface area contributed by atoms with Crippen molar-refractivity contribution in [1.82, 2.24) is 13.9 Å². The molecule has 0 aromatic heterocycles. The van der Waals surface area contributed by atoms with Gasteiger partial charge in [0.25, 0.3) is 10.2 Å². The summed E-state index contributed by atoms with van der Waals surface area (Å²) >= 11 is 0. The van der Waals surface area contributed by atoms with Crippen LogP contribution in [0.5, 0.6) is 0 Å². The number of hydrogen-bond acceptors (Lipinski definition) is 6. The minimum Gasteiger partial charge on any atom is -0.427 e. The zero-order valence-electron chi connectivity index (χ0n) is 15.7. The number of hydrogen-bond donors (Lipinski definition) is 4. The van der Waals surface area contributed by atoms with Crippen LogP contribution in [-0.4, -0.2) is 78.5 Å². The van der Waals surface area contributed by atoms with Gasteiger partial charge in [-0.05, 0) is 57.3 Å². The van der Waals surface area contributed by atoms with Gasteiger partial charge in [-0.1, -0.05) is 6.42 Å². The Balaban J connectivity index is 1.68. The van der Waals surface area contributed by atoms with Gasteiger partial charge >= 0.3 is 7.12 Å². The molecule has 2 aliphatic heterocycles. The van der Waals surface area contributed by atoms with Crippen molar-refractivity contribution in [2.45, 2.75) is 56.9 Å². The fourth-order valence-electron chi connectivity index (χ4n) is 4.19. The Hall–Kier alpha value is -0.225. The van der Waals surface area contributed by atoms with Crippen LogP contribution in [0.1, 0.15) is 39.0 Å². The normalized spacial score (nSPS) is 33.3. The third kappa shape index (κ3) is 4.78. The van der Waals surface area contributed by atoms with Crippen molar-refractivity contribution in [3.05, 3.63) is 0 Å². The first-order valence-corrected chi connectivity index (χ1v) is 11.2. The zero-order valence-corrected chi connectivity index (χ0v) is 16.5. The lowest BCUT2D eigenvalue weighted by molar-refractivity contribution is 0.292. The second kappa shape index (κ2) is 8.02. The molecular formula is C16H33BN4O4S. The Labute approximate surface area is 157 Å². The van der Waals surface area contributed by atoms with Gasteiger partial charge in [0.05, 0.1) is 0 Å². The molecule has 10 heteroatoms. The maximum absolute atomic E-state index is 13.4. The molecule has 5 N–H and O–H groups in total. The molecule has 3 aliphatic rings. The molecule has 8 nitrogen and oxygen atoms in total. The highest BCUT2D eigenvalue weighted by Gasteiger charge is 2.48. The Bertz CT molecular complexity index is 579. The predicted octanol–water partition coefficient (Wildman–Crippen LogP) is -0.793. The van der Waals surface area contributed by atoms with Gasteiger partial charge in [0, 0.05) is 37.8 Å². The van der Waals surface area contributed by atoms with Crippen molar-refractivity contribution < 1.29 is 18.5 Å². The van der Waals surface area contributed by atoms with E-state index in [2.05, 4.69) is 5.32 Å². The van der Waals surface area contributed by atoms with Gasteiger partial charge in [-0.25, -0.2) is 0 Å². The third-order valence-corrected chi connectivity index (χ3v) is 8.06. The highest BCUT2D eigenvalue weighted by Crippen LogP contribution is 2.36. The Morgan fingerprint density at radius 2 is 2.08 bits per heavy atom. The molecule has 26 heavy (non-hydrogen) atoms. The van der Waals surface area contributed by atoms with Crippen LogP contribution >= 0.6 is 0 Å². The summed E-state index contributed by atoms with van der Waals surface area (Å²) in [6, 6.07) is 0.0354. The molecule has 0 radical (unpaired) electrons. The van der Waals surface area contributed by atoms with E-state index in [4.69, 9.17) is 15.8 Å². The third-order valence-electron chi connectivity index (χ3n) is 6.09. The van der Waals surface area contributed by atoms with E-state index in [1.165, 1.54) is 0 Å². The molecule has 0 amide bonds. The summed E-state index contributed by atoms with van der Waals surface area (Å²) in [4.78, 5) is 0. The van der Waals surface area contributed by atoms with Crippen LogP contribution in [0.4, 0.5) is 0 Å². The molecule has 0 unspecified atom stereocenters. The number of rotatable bonds is 9. The molecule has 0 aromatic rings. The Kier molecular flexibility index (Phi) is 6.33. The molecule has 0 spiro atoms. The minimum atomic E-state index is -3.54. The quantitative estimate of drug-likeness (QED) is 0.385. The summed E-state index contributed by atoms with van der Waals surface area (Å²) in [7, 11) is -4.85. The first-order valence-electron chi connectivity index (χ1n) is 9.83. The van der Waals surface area contributed by atoms with E-state index in [0.29, 0.717) is 44.7 Å². The van der Waals surface area contributed by atoms with Crippen LogP contribution in [0, 0.1) is 11.8 Å². The second-order valence-corrected chi connectivity index (χ2v) is 10.5. The van der Waals surface area contributed by atoms with Crippen LogP contribution in [0.25, 0.3) is 0 Å². The monoisotopic (exact) mass is 388 g/mol. The predicted molar refractivity (Wildman–Crippen MR) is 102 cm³/mol. The Morgan fingerprint density at radius 3 is 2.65 bits per heavy atom. The van der Waals surface area contributed by atoms with Crippen molar-refractivity contribution in [2.75, 3.05) is 32.7 Å². The van der Waals surface area contributed by atoms with Crippen molar-refractivity contribution in [3.63, 3.8) is 0 Å². The van der Waals surface area contributed by atoms with E-state index >= 15 is 0 Å². The molecule has 0 aromatic carbocycles. The van der Waals surface area contributed by atoms with Gasteiger partial charge < -0.3 is 21.1 Å². The van der Waals surface area contributed by atoms with Gasteiger partial charge in [0.2, 0.25) is 0 Å². The molecule has 2 heterocycles. The lowest BCUT2D eigenvalue weighted by atomic mass is 9.79. The smallest absolute Gasteiger partial charge is 0.427 e. The fraction of sp³-hybridized carbons (Fsp3) is 1.00. The zero-order chi connectivity index (χ0) is 18.9. The van der Waals surface area contributed by atoms with E-state index in [1.807, 2.05) is 6.92 Å². The highest BCUT2D eigenvalue weighted by atomic mass is 32.2. The van der Waals surface area contributed by atoms with E-state index < -0.39 is 22.9 Å². The van der Waals surface area contributed by atoms with Gasteiger partial charge in [-0.15, -0.1) is 0 Å². The number of nitrogens with two attached hydrogens (primary N) is 1. The van der Waals surface area contributed by atoms with E-state index in [9.17, 15) is 8.42 Å². The van der Waals surface area contributed by atoms with E-state index in [-0.39, 0.29) is 12.0 Å². The van der Waals surface area contributed by atoms with Crippen LogP contribution in [0.2, 0.25) is 6.32 Å². The van der Waals surface area contributed by atoms with E-state index in [1.54, 1.807) is 8.61 Å². The van der Waals surface area contributed by atoms with E-state index in [0.717, 1.165) is 32.4 Å². The highest BCUT2D eigenvalue weighted by molar-refractivity contribution is 7.86. The lowest BCUT2D eigenvalue weighted by Crippen LogP contribution is -2.51. The lowest BCUT2D eigenvalue weighted by Gasteiger charge is -2.32. The maximum atomic E-state index is 13.4. The van der Waals surface area contributed by atoms with Crippen LogP contribution in [0.3, 0.4) is 0 Å². The first-order chi connectivity index (χ1) is 12.2. The number of nitrogens with zero attached hydrogens (tertiary/aromatic N) is 2. The molecule has 0 bridgehead atoms. The molecule has 3 atom stereocenters. The fourth-order valence-corrected chi connectivity index (χ4v) is 6.25. The van der Waals surface area contributed by atoms with Crippen molar-refractivity contribution >= 4 is 17.3 Å². The number of nitrogens with one attached hydrogen (secondary N) is 1. The molecule has 1 saturated carbocycles. The average molecular weight is 388 g/mol. The van der Waals surface area contributed by atoms with Gasteiger partial charge in [0.15, 0.2) is 0 Å². The summed E-state index contributed by atoms with van der Waals surface area (Å²) in [6.45, 7) is 4.85. The van der Waals surface area contributed by atoms with Crippen molar-refractivity contribution in [2.24, 2.45) is 17.6 Å². The maximum Gasteiger partial charge on any atom is 0.451 e. The molecule has 3 fully saturated rings. The topological polar surface area (TPSA) is 119 Å². The summed E-state index contributed by atoms with van der Waals surface area (Å²) in [6.07, 6.45) is 4.71. The second-order valence-electron chi connectivity index (χ2n) is 8.57. The largest absolute Gasteiger partial charge is 0.451 e. The van der Waals surface area contributed by atoms with Crippen molar-refractivity contribution in [1.29, 1.82) is 0 Å². The minimum absolute atomic E-state index is 0.0282. The molecular weight excluding hydrogens is 355 g/mol. The first kappa shape index (κ1) is 20.5. The standard InChI is InChI=1S/C16H33BN4O4S/c1-16(18)12-20(11-14(16)3-2-7-17(22)23)26(24,25)21(10-13-4-5-13)15-6-8-19-9-15/h13-15,19,22-23H,2-12,18H2,1H3/t14-,15-,16-/m0/s1. The molecule has 1 aliphatic carbocycles. The summed E-state index contributed by atoms with van der Waals surface area (Å²) < 4.78 is 30.1. The van der Waals surface area contributed by atoms with Crippen LogP contribution < -0.4 is 11.1 Å². The van der Waals surface area contributed by atoms with Gasteiger partial charge in [-0.2, -0.15) is 17.0 Å². The van der Waals surface area contributed by atoms with Crippen molar-refractivity contribution in [3.8, 4) is 0 Å². The molecule has 2 saturated heterocycles. The SMILES string of the molecule is C[C@]1(N)CN(S(=O)(=O)N(CC2CC2)[C@H]2CCNC2)C[C@@H]1CCCB(O)O. The van der Waals surface area contributed by atoms with Gasteiger partial charge in [-0.3, -0.25) is 0 Å². The summed E-state index contributed by atoms with van der Waals surface area (Å²) in [5.74, 6) is 0.527. The molecule has 3 rings (SSSR count). The summed E-state index contributed by atoms with van der Waals surface area (Å²) in [5.41, 5.74) is 5.84. The Morgan fingerprint density at radius 1 is 1.35 bits per heavy atom. The summed E-state index contributed by atoms with van der Waals surface area (Å²) in [5, 5.41) is 21.3. The van der Waals surface area contributed by atoms with Gasteiger partial charge in [0.1, 0.15) is 0 Å². The average Bonchev–Trinajstić information content (AvgIpc) is 3.10. The van der Waals surface area contributed by atoms with Crippen LogP contribution in [0.15, 0.2) is 0 Å². The van der Waals surface area contributed by atoms with Crippen LogP contribution in [-0.2, 0) is 10.2 Å². The molecule has 150 valence electrons.